The molecular weight excluding hydrogens is 266 g/mol. The van der Waals surface area contributed by atoms with Crippen molar-refractivity contribution < 1.29 is 9.59 Å². The van der Waals surface area contributed by atoms with Crippen LogP contribution in [0, 0.1) is 0 Å². The standard InChI is InChI=1S/C16H21N3O2/c1-19-10-12-5-3-2-4-11(12)8-13(19)9-17-16(21)14-6-7-15(20)18-14/h2-5,13-14H,6-10H2,1H3,(H,17,21)(H,18,20)/t13-,14+/m1/s1. The lowest BCUT2D eigenvalue weighted by atomic mass is 9.94. The van der Waals surface area contributed by atoms with Crippen LogP contribution >= 0.6 is 0 Å². The lowest BCUT2D eigenvalue weighted by molar-refractivity contribution is -0.125. The molecule has 2 aliphatic rings. The van der Waals surface area contributed by atoms with Crippen LogP contribution in [0.25, 0.3) is 0 Å². The molecule has 1 aromatic carbocycles. The van der Waals surface area contributed by atoms with Crippen LogP contribution in [0.15, 0.2) is 24.3 Å². The first-order chi connectivity index (χ1) is 10.1. The van der Waals surface area contributed by atoms with E-state index in [0.29, 0.717) is 25.4 Å². The number of rotatable bonds is 3. The first-order valence-electron chi connectivity index (χ1n) is 7.47. The molecule has 112 valence electrons. The van der Waals surface area contributed by atoms with Crippen LogP contribution in [0.1, 0.15) is 24.0 Å². The smallest absolute Gasteiger partial charge is 0.242 e. The molecule has 2 N–H and O–H groups in total. The quantitative estimate of drug-likeness (QED) is 0.848. The fraction of sp³-hybridized carbons (Fsp3) is 0.500. The van der Waals surface area contributed by atoms with Crippen molar-refractivity contribution >= 4 is 11.8 Å². The van der Waals surface area contributed by atoms with Crippen molar-refractivity contribution in [3.05, 3.63) is 35.4 Å². The normalized spacial score (nSPS) is 25.3. The number of hydrogen-bond donors (Lipinski definition) is 2. The number of fused-ring (bicyclic) bond motifs is 1. The third kappa shape index (κ3) is 3.08. The monoisotopic (exact) mass is 287 g/mol. The van der Waals surface area contributed by atoms with Gasteiger partial charge in [0.1, 0.15) is 6.04 Å². The average Bonchev–Trinajstić information content (AvgIpc) is 2.91. The summed E-state index contributed by atoms with van der Waals surface area (Å²) >= 11 is 0. The third-order valence-corrected chi connectivity index (χ3v) is 4.44. The number of hydrogen-bond acceptors (Lipinski definition) is 3. The fourth-order valence-corrected chi connectivity index (χ4v) is 3.10. The zero-order valence-corrected chi connectivity index (χ0v) is 12.3. The summed E-state index contributed by atoms with van der Waals surface area (Å²) in [5.74, 6) is -0.0908. The van der Waals surface area contributed by atoms with Gasteiger partial charge >= 0.3 is 0 Å². The zero-order valence-electron chi connectivity index (χ0n) is 12.3. The Morgan fingerprint density at radius 2 is 2.14 bits per heavy atom. The van der Waals surface area contributed by atoms with Gasteiger partial charge < -0.3 is 10.6 Å². The SMILES string of the molecule is CN1Cc2ccccc2C[C@@H]1CNC(=O)[C@@H]1CCC(=O)N1. The predicted octanol–water partition coefficient (Wildman–Crippen LogP) is 0.438. The summed E-state index contributed by atoms with van der Waals surface area (Å²) in [7, 11) is 2.09. The van der Waals surface area contributed by atoms with Crippen LogP contribution in [-0.4, -0.2) is 42.4 Å². The molecule has 0 bridgehead atoms. The van der Waals surface area contributed by atoms with Crippen LogP contribution in [-0.2, 0) is 22.6 Å². The van der Waals surface area contributed by atoms with Gasteiger partial charge in [-0.1, -0.05) is 24.3 Å². The van der Waals surface area contributed by atoms with E-state index in [0.717, 1.165) is 13.0 Å². The topological polar surface area (TPSA) is 61.4 Å². The Bertz CT molecular complexity index is 558. The Balaban J connectivity index is 1.56. The molecule has 1 aromatic rings. The second-order valence-electron chi connectivity index (χ2n) is 5.95. The molecular formula is C16H21N3O2. The number of benzene rings is 1. The van der Waals surface area contributed by atoms with E-state index in [1.54, 1.807) is 0 Å². The molecule has 5 heteroatoms. The van der Waals surface area contributed by atoms with Crippen molar-refractivity contribution in [3.8, 4) is 0 Å². The summed E-state index contributed by atoms with van der Waals surface area (Å²) in [5, 5.41) is 5.68. The van der Waals surface area contributed by atoms with E-state index >= 15 is 0 Å². The molecule has 0 radical (unpaired) electrons. The van der Waals surface area contributed by atoms with Crippen molar-refractivity contribution in [2.24, 2.45) is 0 Å². The van der Waals surface area contributed by atoms with E-state index in [2.05, 4.69) is 46.8 Å². The van der Waals surface area contributed by atoms with E-state index in [1.807, 2.05) is 0 Å². The summed E-state index contributed by atoms with van der Waals surface area (Å²) < 4.78 is 0. The van der Waals surface area contributed by atoms with Crippen molar-refractivity contribution in [2.45, 2.75) is 37.9 Å². The van der Waals surface area contributed by atoms with Gasteiger partial charge in [-0.3, -0.25) is 14.5 Å². The van der Waals surface area contributed by atoms with Crippen molar-refractivity contribution in [2.75, 3.05) is 13.6 Å². The number of amides is 2. The molecule has 2 atom stereocenters. The number of nitrogens with one attached hydrogen (secondary N) is 2. The minimum absolute atomic E-state index is 0.0288. The highest BCUT2D eigenvalue weighted by molar-refractivity contribution is 5.90. The van der Waals surface area contributed by atoms with Gasteiger partial charge in [0.25, 0.3) is 0 Å². The molecule has 2 amide bonds. The van der Waals surface area contributed by atoms with Gasteiger partial charge in [-0.25, -0.2) is 0 Å². The second kappa shape index (κ2) is 5.85. The lowest BCUT2D eigenvalue weighted by Gasteiger charge is -2.34. The first kappa shape index (κ1) is 14.1. The van der Waals surface area contributed by atoms with Crippen LogP contribution in [0.2, 0.25) is 0 Å². The number of carbonyl (C=O) groups excluding carboxylic acids is 2. The van der Waals surface area contributed by atoms with Gasteiger partial charge in [0.15, 0.2) is 0 Å². The highest BCUT2D eigenvalue weighted by atomic mass is 16.2. The van der Waals surface area contributed by atoms with Crippen molar-refractivity contribution in [1.29, 1.82) is 0 Å². The maximum absolute atomic E-state index is 12.0. The minimum Gasteiger partial charge on any atom is -0.353 e. The average molecular weight is 287 g/mol. The first-order valence-corrected chi connectivity index (χ1v) is 7.47. The fourth-order valence-electron chi connectivity index (χ4n) is 3.10. The summed E-state index contributed by atoms with van der Waals surface area (Å²) in [6, 6.07) is 8.41. The summed E-state index contributed by atoms with van der Waals surface area (Å²) in [4.78, 5) is 25.5. The molecule has 0 spiro atoms. The van der Waals surface area contributed by atoms with Gasteiger partial charge in [-0.2, -0.15) is 0 Å². The van der Waals surface area contributed by atoms with Gasteiger partial charge in [0.2, 0.25) is 11.8 Å². The molecule has 2 aliphatic heterocycles. The predicted molar refractivity (Wildman–Crippen MR) is 79.6 cm³/mol. The molecule has 0 aliphatic carbocycles. The van der Waals surface area contributed by atoms with E-state index < -0.39 is 0 Å². The molecule has 0 aromatic heterocycles. The summed E-state index contributed by atoms with van der Waals surface area (Å²) in [5.41, 5.74) is 2.73. The minimum atomic E-state index is -0.348. The Hall–Kier alpha value is -1.88. The summed E-state index contributed by atoms with van der Waals surface area (Å²) in [6.07, 6.45) is 2.01. The Morgan fingerprint density at radius 1 is 1.38 bits per heavy atom. The van der Waals surface area contributed by atoms with E-state index in [1.165, 1.54) is 11.1 Å². The largest absolute Gasteiger partial charge is 0.353 e. The maximum atomic E-state index is 12.0. The Labute approximate surface area is 124 Å². The van der Waals surface area contributed by atoms with Crippen LogP contribution in [0.4, 0.5) is 0 Å². The number of likely N-dealkylation sites (N-methyl/N-ethyl adjacent to an activating group) is 1. The molecule has 2 heterocycles. The summed E-state index contributed by atoms with van der Waals surface area (Å²) in [6.45, 7) is 1.53. The van der Waals surface area contributed by atoms with E-state index in [4.69, 9.17) is 0 Å². The van der Waals surface area contributed by atoms with Gasteiger partial charge in [-0.05, 0) is 31.0 Å². The highest BCUT2D eigenvalue weighted by Gasteiger charge is 2.28. The Kier molecular flexibility index (Phi) is 3.92. The highest BCUT2D eigenvalue weighted by Crippen LogP contribution is 2.21. The molecule has 0 unspecified atom stereocenters. The molecule has 21 heavy (non-hydrogen) atoms. The van der Waals surface area contributed by atoms with Gasteiger partial charge in [0, 0.05) is 25.6 Å². The Morgan fingerprint density at radius 3 is 2.86 bits per heavy atom. The van der Waals surface area contributed by atoms with Crippen LogP contribution < -0.4 is 10.6 Å². The van der Waals surface area contributed by atoms with Crippen molar-refractivity contribution in [3.63, 3.8) is 0 Å². The van der Waals surface area contributed by atoms with Crippen LogP contribution in [0.5, 0.6) is 0 Å². The van der Waals surface area contributed by atoms with Crippen molar-refractivity contribution in [1.82, 2.24) is 15.5 Å². The number of nitrogens with zero attached hydrogens (tertiary/aromatic N) is 1. The molecule has 5 nitrogen and oxygen atoms in total. The van der Waals surface area contributed by atoms with Gasteiger partial charge in [0.05, 0.1) is 0 Å². The maximum Gasteiger partial charge on any atom is 0.242 e. The molecule has 0 saturated carbocycles. The molecule has 3 rings (SSSR count). The van der Waals surface area contributed by atoms with Crippen LogP contribution in [0.3, 0.4) is 0 Å². The molecule has 1 saturated heterocycles. The lowest BCUT2D eigenvalue weighted by Crippen LogP contribution is -2.49. The third-order valence-electron chi connectivity index (χ3n) is 4.44. The van der Waals surface area contributed by atoms with Gasteiger partial charge in [-0.15, -0.1) is 0 Å². The second-order valence-corrected chi connectivity index (χ2v) is 5.95. The van der Waals surface area contributed by atoms with E-state index in [9.17, 15) is 9.59 Å². The number of carbonyl (C=O) groups is 2. The molecule has 1 fully saturated rings. The van der Waals surface area contributed by atoms with E-state index in [-0.39, 0.29) is 17.9 Å². The zero-order chi connectivity index (χ0) is 14.8.